The normalized spacial score (nSPS) is 20.2. The van der Waals surface area contributed by atoms with Gasteiger partial charge in [0.1, 0.15) is 0 Å². The summed E-state index contributed by atoms with van der Waals surface area (Å²) in [6.45, 7) is 4.80. The van der Waals surface area contributed by atoms with Gasteiger partial charge in [-0.2, -0.15) is 0 Å². The second-order valence-corrected chi connectivity index (χ2v) is 5.88. The molecule has 1 aromatic carbocycles. The van der Waals surface area contributed by atoms with Gasteiger partial charge in [0, 0.05) is 38.9 Å². The summed E-state index contributed by atoms with van der Waals surface area (Å²) in [6.07, 6.45) is 2.17. The van der Waals surface area contributed by atoms with Crippen molar-refractivity contribution in [1.29, 1.82) is 0 Å². The number of rotatable bonds is 6. The predicted molar refractivity (Wildman–Crippen MR) is 107 cm³/mol. The van der Waals surface area contributed by atoms with Gasteiger partial charge in [-0.15, -0.1) is 24.0 Å². The summed E-state index contributed by atoms with van der Waals surface area (Å²) in [4.78, 5) is 16.1. The number of amides is 1. The maximum absolute atomic E-state index is 11.9. The minimum Gasteiger partial charge on any atom is -0.373 e. The second kappa shape index (κ2) is 10.5. The number of ether oxygens (including phenoxy) is 1. The Morgan fingerprint density at radius 1 is 1.21 bits per heavy atom. The van der Waals surface area contributed by atoms with Gasteiger partial charge in [-0.1, -0.05) is 18.2 Å². The first kappa shape index (κ1) is 20.7. The van der Waals surface area contributed by atoms with Crippen molar-refractivity contribution in [3.05, 3.63) is 35.9 Å². The van der Waals surface area contributed by atoms with Crippen LogP contribution in [0.2, 0.25) is 0 Å². The van der Waals surface area contributed by atoms with Crippen molar-refractivity contribution in [2.24, 2.45) is 4.99 Å². The van der Waals surface area contributed by atoms with Gasteiger partial charge in [0.15, 0.2) is 5.96 Å². The quantitative estimate of drug-likeness (QED) is 0.270. The molecule has 1 aliphatic rings. The van der Waals surface area contributed by atoms with E-state index in [0.29, 0.717) is 18.7 Å². The number of nitrogens with zero attached hydrogens (tertiary/aromatic N) is 1. The van der Waals surface area contributed by atoms with Crippen molar-refractivity contribution in [1.82, 2.24) is 16.0 Å². The Hall–Kier alpha value is -1.35. The Morgan fingerprint density at radius 2 is 1.92 bits per heavy atom. The minimum absolute atomic E-state index is 0. The molecule has 1 aromatic rings. The van der Waals surface area contributed by atoms with Crippen LogP contribution in [0.5, 0.6) is 0 Å². The van der Waals surface area contributed by atoms with Crippen molar-refractivity contribution in [3.63, 3.8) is 0 Å². The zero-order chi connectivity index (χ0) is 16.5. The zero-order valence-electron chi connectivity index (χ0n) is 14.3. The summed E-state index contributed by atoms with van der Waals surface area (Å²) >= 11 is 0. The van der Waals surface area contributed by atoms with E-state index in [2.05, 4.69) is 27.9 Å². The van der Waals surface area contributed by atoms with Gasteiger partial charge in [-0.3, -0.25) is 9.79 Å². The molecule has 1 heterocycles. The van der Waals surface area contributed by atoms with Crippen molar-refractivity contribution >= 4 is 35.8 Å². The zero-order valence-corrected chi connectivity index (χ0v) is 16.6. The van der Waals surface area contributed by atoms with E-state index in [1.54, 1.807) is 19.2 Å². The molecule has 0 bridgehead atoms. The van der Waals surface area contributed by atoms with Crippen LogP contribution in [-0.4, -0.2) is 50.8 Å². The van der Waals surface area contributed by atoms with E-state index < -0.39 is 0 Å². The number of nitrogens with one attached hydrogen (secondary N) is 3. The van der Waals surface area contributed by atoms with Crippen molar-refractivity contribution < 1.29 is 9.53 Å². The molecule has 6 nitrogen and oxygen atoms in total. The summed E-state index contributed by atoms with van der Waals surface area (Å²) < 4.78 is 5.74. The van der Waals surface area contributed by atoms with Gasteiger partial charge in [-0.25, -0.2) is 0 Å². The van der Waals surface area contributed by atoms with E-state index in [9.17, 15) is 4.79 Å². The molecule has 0 saturated carbocycles. The maximum Gasteiger partial charge on any atom is 0.251 e. The predicted octanol–water partition coefficient (Wildman–Crippen LogP) is 1.77. The number of halogens is 1. The number of hydrogen-bond donors (Lipinski definition) is 3. The van der Waals surface area contributed by atoms with Gasteiger partial charge in [0.2, 0.25) is 0 Å². The number of hydrogen-bond acceptors (Lipinski definition) is 3. The molecule has 2 rings (SSSR count). The van der Waals surface area contributed by atoms with E-state index in [1.807, 2.05) is 18.2 Å². The first-order valence-corrected chi connectivity index (χ1v) is 8.05. The summed E-state index contributed by atoms with van der Waals surface area (Å²) in [7, 11) is 1.73. The molecule has 0 aromatic heterocycles. The van der Waals surface area contributed by atoms with Gasteiger partial charge in [0.05, 0.1) is 5.60 Å². The highest BCUT2D eigenvalue weighted by atomic mass is 127. The molecule has 0 radical (unpaired) electrons. The standard InChI is InChI=1S/C17H26N4O2.HI/c1-17(9-6-12-23-17)13-21-16(18-2)20-11-10-19-15(22)14-7-4-3-5-8-14;/h3-5,7-8H,6,9-13H2,1-2H3,(H,19,22)(H2,18,20,21);1H. The van der Waals surface area contributed by atoms with Crippen molar-refractivity contribution in [3.8, 4) is 0 Å². The van der Waals surface area contributed by atoms with Crippen LogP contribution in [0, 0.1) is 0 Å². The molecule has 1 unspecified atom stereocenters. The maximum atomic E-state index is 11.9. The van der Waals surface area contributed by atoms with Crippen LogP contribution in [0.1, 0.15) is 30.1 Å². The second-order valence-electron chi connectivity index (χ2n) is 5.88. The van der Waals surface area contributed by atoms with Crippen LogP contribution in [0.4, 0.5) is 0 Å². The van der Waals surface area contributed by atoms with E-state index in [-0.39, 0.29) is 35.5 Å². The number of carbonyl (C=O) groups excluding carboxylic acids is 1. The summed E-state index contributed by atoms with van der Waals surface area (Å²) in [5.74, 6) is 0.651. The van der Waals surface area contributed by atoms with Gasteiger partial charge in [0.25, 0.3) is 5.91 Å². The molecule has 24 heavy (non-hydrogen) atoms. The largest absolute Gasteiger partial charge is 0.373 e. The Labute approximate surface area is 160 Å². The highest BCUT2D eigenvalue weighted by Gasteiger charge is 2.29. The van der Waals surface area contributed by atoms with Crippen LogP contribution in [-0.2, 0) is 4.74 Å². The lowest BCUT2D eigenvalue weighted by Gasteiger charge is -2.24. The fourth-order valence-electron chi connectivity index (χ4n) is 2.52. The molecule has 134 valence electrons. The van der Waals surface area contributed by atoms with E-state index in [0.717, 1.165) is 32.0 Å². The lowest BCUT2D eigenvalue weighted by molar-refractivity contribution is 0.0243. The lowest BCUT2D eigenvalue weighted by Crippen LogP contribution is -2.47. The minimum atomic E-state index is -0.112. The van der Waals surface area contributed by atoms with Crippen LogP contribution >= 0.6 is 24.0 Å². The highest BCUT2D eigenvalue weighted by Crippen LogP contribution is 2.23. The monoisotopic (exact) mass is 446 g/mol. The SMILES string of the molecule is CN=C(NCCNC(=O)c1ccccc1)NCC1(C)CCCO1.I. The van der Waals surface area contributed by atoms with Gasteiger partial charge in [-0.05, 0) is 31.9 Å². The van der Waals surface area contributed by atoms with E-state index in [4.69, 9.17) is 4.74 Å². The lowest BCUT2D eigenvalue weighted by atomic mass is 10.0. The van der Waals surface area contributed by atoms with E-state index in [1.165, 1.54) is 0 Å². The fraction of sp³-hybridized carbons (Fsp3) is 0.529. The number of benzene rings is 1. The molecule has 1 aliphatic heterocycles. The number of aliphatic imine (C=N–C) groups is 1. The van der Waals surface area contributed by atoms with E-state index >= 15 is 0 Å². The molecular formula is C17H27IN4O2. The molecule has 1 fully saturated rings. The molecule has 1 atom stereocenters. The third-order valence-electron chi connectivity index (χ3n) is 3.89. The topological polar surface area (TPSA) is 74.8 Å². The van der Waals surface area contributed by atoms with Gasteiger partial charge >= 0.3 is 0 Å². The Balaban J connectivity index is 0.00000288. The van der Waals surface area contributed by atoms with Gasteiger partial charge < -0.3 is 20.7 Å². The molecule has 7 heteroatoms. The fourth-order valence-corrected chi connectivity index (χ4v) is 2.52. The first-order valence-electron chi connectivity index (χ1n) is 8.05. The Morgan fingerprint density at radius 3 is 2.54 bits per heavy atom. The highest BCUT2D eigenvalue weighted by molar-refractivity contribution is 14.0. The molecule has 0 spiro atoms. The van der Waals surface area contributed by atoms with Crippen LogP contribution in [0.3, 0.4) is 0 Å². The summed E-state index contributed by atoms with van der Waals surface area (Å²) in [5, 5.41) is 9.33. The molecule has 1 saturated heterocycles. The third kappa shape index (κ3) is 6.64. The molecule has 1 amide bonds. The van der Waals surface area contributed by atoms with Crippen LogP contribution in [0.15, 0.2) is 35.3 Å². The van der Waals surface area contributed by atoms with Crippen molar-refractivity contribution in [2.45, 2.75) is 25.4 Å². The number of carbonyl (C=O) groups is 1. The smallest absolute Gasteiger partial charge is 0.251 e. The molecular weight excluding hydrogens is 419 g/mol. The summed E-state index contributed by atoms with van der Waals surface area (Å²) in [6, 6.07) is 9.19. The average Bonchev–Trinajstić information content (AvgIpc) is 3.01. The van der Waals surface area contributed by atoms with Crippen molar-refractivity contribution in [2.75, 3.05) is 33.3 Å². The Kier molecular flexibility index (Phi) is 9.05. The van der Waals surface area contributed by atoms with Crippen LogP contribution in [0.25, 0.3) is 0 Å². The first-order chi connectivity index (χ1) is 11.1. The third-order valence-corrected chi connectivity index (χ3v) is 3.89. The average molecular weight is 446 g/mol. The molecule has 0 aliphatic carbocycles. The number of guanidine groups is 1. The summed E-state index contributed by atoms with van der Waals surface area (Å²) in [5.41, 5.74) is 0.556. The Bertz CT molecular complexity index is 531. The van der Waals surface area contributed by atoms with Crippen LogP contribution < -0.4 is 16.0 Å². The molecule has 3 N–H and O–H groups in total.